The van der Waals surface area contributed by atoms with Crippen LogP contribution in [0.5, 0.6) is 0 Å². The van der Waals surface area contributed by atoms with E-state index in [0.29, 0.717) is 6.42 Å². The fourth-order valence-electron chi connectivity index (χ4n) is 2.84. The van der Waals surface area contributed by atoms with E-state index in [4.69, 9.17) is 4.74 Å². The quantitative estimate of drug-likeness (QED) is 0.612. The first-order chi connectivity index (χ1) is 12.0. The fourth-order valence-corrected chi connectivity index (χ4v) is 2.84. The molecule has 132 valence electrons. The molecule has 0 saturated carbocycles. The number of rotatable bonds is 7. The molecule has 0 bridgehead atoms. The van der Waals surface area contributed by atoms with Gasteiger partial charge in [-0.3, -0.25) is 9.69 Å². The summed E-state index contributed by atoms with van der Waals surface area (Å²) in [5.41, 5.74) is 2.07. The molecule has 2 aromatic carbocycles. The van der Waals surface area contributed by atoms with E-state index in [9.17, 15) is 14.7 Å². The number of carboxylic acid groups (broad SMARTS) is 1. The van der Waals surface area contributed by atoms with Gasteiger partial charge in [0.05, 0.1) is 0 Å². The molecule has 5 nitrogen and oxygen atoms in total. The van der Waals surface area contributed by atoms with Gasteiger partial charge in [0.1, 0.15) is 0 Å². The third-order valence-corrected chi connectivity index (χ3v) is 4.24. The molecule has 2 rings (SSSR count). The van der Waals surface area contributed by atoms with E-state index in [0.717, 1.165) is 11.1 Å². The van der Waals surface area contributed by atoms with Crippen LogP contribution in [0.4, 0.5) is 4.79 Å². The first-order valence-electron chi connectivity index (χ1n) is 8.21. The van der Waals surface area contributed by atoms with E-state index in [1.807, 2.05) is 67.6 Å². The van der Waals surface area contributed by atoms with Crippen LogP contribution in [0.3, 0.4) is 0 Å². The van der Waals surface area contributed by atoms with E-state index < -0.39 is 12.1 Å². The summed E-state index contributed by atoms with van der Waals surface area (Å²) >= 11 is 0. The van der Waals surface area contributed by atoms with E-state index in [1.54, 1.807) is 0 Å². The lowest BCUT2D eigenvalue weighted by atomic mass is 9.88. The van der Waals surface area contributed by atoms with Crippen molar-refractivity contribution in [2.24, 2.45) is 0 Å². The number of nitrogens with zero attached hydrogens (tertiary/aromatic N) is 1. The first kappa shape index (κ1) is 18.5. The smallest absolute Gasteiger partial charge is 0.410 e. The number of carbonyl (C=O) groups excluding carboxylic acids is 1. The molecule has 0 fully saturated rings. The van der Waals surface area contributed by atoms with Gasteiger partial charge in [0.2, 0.25) is 0 Å². The first-order valence-corrected chi connectivity index (χ1v) is 8.21. The highest BCUT2D eigenvalue weighted by Crippen LogP contribution is 2.26. The Bertz CT molecular complexity index is 687. The molecule has 0 spiro atoms. The lowest BCUT2D eigenvalue weighted by molar-refractivity contribution is -0.145. The molecule has 25 heavy (non-hydrogen) atoms. The number of hydrogen-bond donors (Lipinski definition) is 1. The predicted octanol–water partition coefficient (Wildman–Crippen LogP) is 3.90. The van der Waals surface area contributed by atoms with Crippen LogP contribution < -0.4 is 0 Å². The monoisotopic (exact) mass is 341 g/mol. The molecule has 5 heteroatoms. The van der Waals surface area contributed by atoms with Gasteiger partial charge >= 0.3 is 12.1 Å². The molecular formula is C20H23NO4. The van der Waals surface area contributed by atoms with Crippen molar-refractivity contribution in [3.63, 3.8) is 0 Å². The van der Waals surface area contributed by atoms with Crippen molar-refractivity contribution in [3.05, 3.63) is 71.8 Å². The van der Waals surface area contributed by atoms with Crippen LogP contribution in [-0.2, 0) is 16.0 Å². The average molecular weight is 341 g/mol. The van der Waals surface area contributed by atoms with Gasteiger partial charge in [0.25, 0.3) is 0 Å². The van der Waals surface area contributed by atoms with Gasteiger partial charge in [-0.15, -0.1) is 0 Å². The molecule has 0 aliphatic heterocycles. The van der Waals surface area contributed by atoms with Gasteiger partial charge in [-0.1, -0.05) is 67.6 Å². The summed E-state index contributed by atoms with van der Waals surface area (Å²) in [6.45, 7) is 2.98. The zero-order valence-corrected chi connectivity index (χ0v) is 14.5. The Morgan fingerprint density at radius 3 is 2.12 bits per heavy atom. The van der Waals surface area contributed by atoms with E-state index >= 15 is 0 Å². The average Bonchev–Trinajstić information content (AvgIpc) is 2.61. The third kappa shape index (κ3) is 5.35. The normalized spacial score (nSPS) is 12.9. The van der Waals surface area contributed by atoms with E-state index in [1.165, 1.54) is 11.8 Å². The molecule has 1 N–H and O–H groups in total. The Morgan fingerprint density at radius 2 is 1.60 bits per heavy atom. The lowest BCUT2D eigenvalue weighted by Gasteiger charge is -2.33. The summed E-state index contributed by atoms with van der Waals surface area (Å²) in [6.07, 6.45) is -0.574. The van der Waals surface area contributed by atoms with Crippen molar-refractivity contribution in [1.82, 2.24) is 4.90 Å². The third-order valence-electron chi connectivity index (χ3n) is 4.24. The Kier molecular flexibility index (Phi) is 6.57. The maximum absolute atomic E-state index is 11.8. The van der Waals surface area contributed by atoms with Gasteiger partial charge in [-0.25, -0.2) is 4.79 Å². The molecule has 0 radical (unpaired) electrons. The Labute approximate surface area is 147 Å². The molecule has 0 aromatic heterocycles. The van der Waals surface area contributed by atoms with Crippen molar-refractivity contribution in [1.29, 1.82) is 0 Å². The minimum absolute atomic E-state index is 0.0620. The topological polar surface area (TPSA) is 66.8 Å². The Hall–Kier alpha value is -2.82. The maximum atomic E-state index is 11.8. The zero-order chi connectivity index (χ0) is 18.2. The van der Waals surface area contributed by atoms with E-state index in [-0.39, 0.29) is 18.7 Å². The maximum Gasteiger partial charge on any atom is 0.410 e. The van der Waals surface area contributed by atoms with Gasteiger partial charge in [-0.2, -0.15) is 0 Å². The van der Waals surface area contributed by atoms with E-state index in [2.05, 4.69) is 0 Å². The molecule has 2 aromatic rings. The van der Waals surface area contributed by atoms with Crippen LogP contribution in [0.1, 0.15) is 30.9 Å². The van der Waals surface area contributed by atoms with Gasteiger partial charge in [0.15, 0.2) is 6.73 Å². The molecule has 2 unspecified atom stereocenters. The summed E-state index contributed by atoms with van der Waals surface area (Å²) in [7, 11) is 0. The van der Waals surface area contributed by atoms with Crippen LogP contribution in [0.2, 0.25) is 0 Å². The number of carbonyl (C=O) groups is 2. The minimum Gasteiger partial charge on any atom is -0.465 e. The molecule has 2 atom stereocenters. The summed E-state index contributed by atoms with van der Waals surface area (Å²) in [6, 6.07) is 19.1. The number of ether oxygens (including phenoxy) is 1. The SMILES string of the molecule is CC(=O)OCN(C(=O)O)C(Cc1ccccc1)C(C)c1ccccc1. The molecular weight excluding hydrogens is 318 g/mol. The molecule has 0 saturated heterocycles. The van der Waals surface area contributed by atoms with Crippen LogP contribution in [0, 0.1) is 0 Å². The number of hydrogen-bond acceptors (Lipinski definition) is 3. The van der Waals surface area contributed by atoms with Crippen molar-refractivity contribution >= 4 is 12.1 Å². The summed E-state index contributed by atoms with van der Waals surface area (Å²) in [5.74, 6) is -0.565. The van der Waals surface area contributed by atoms with Crippen LogP contribution in [-0.4, -0.2) is 34.8 Å². The second-order valence-electron chi connectivity index (χ2n) is 5.97. The second-order valence-corrected chi connectivity index (χ2v) is 5.97. The lowest BCUT2D eigenvalue weighted by Crippen LogP contribution is -2.45. The Morgan fingerprint density at radius 1 is 1.04 bits per heavy atom. The second kappa shape index (κ2) is 8.87. The molecule has 0 aliphatic rings. The number of benzene rings is 2. The van der Waals surface area contributed by atoms with Gasteiger partial charge < -0.3 is 9.84 Å². The van der Waals surface area contributed by atoms with Crippen LogP contribution >= 0.6 is 0 Å². The molecule has 1 amide bonds. The highest BCUT2D eigenvalue weighted by atomic mass is 16.5. The summed E-state index contributed by atoms with van der Waals surface area (Å²) in [5, 5.41) is 9.66. The number of amides is 1. The van der Waals surface area contributed by atoms with Gasteiger partial charge in [-0.05, 0) is 17.5 Å². The van der Waals surface area contributed by atoms with Crippen molar-refractivity contribution in [2.45, 2.75) is 32.2 Å². The van der Waals surface area contributed by atoms with Crippen LogP contribution in [0.15, 0.2) is 60.7 Å². The van der Waals surface area contributed by atoms with Gasteiger partial charge in [0, 0.05) is 18.9 Å². The van der Waals surface area contributed by atoms with Crippen molar-refractivity contribution in [3.8, 4) is 0 Å². The highest BCUT2D eigenvalue weighted by Gasteiger charge is 2.30. The van der Waals surface area contributed by atoms with Crippen molar-refractivity contribution in [2.75, 3.05) is 6.73 Å². The predicted molar refractivity (Wildman–Crippen MR) is 95.3 cm³/mol. The highest BCUT2D eigenvalue weighted by molar-refractivity contribution is 5.68. The minimum atomic E-state index is -1.11. The van der Waals surface area contributed by atoms with Crippen molar-refractivity contribution < 1.29 is 19.4 Å². The van der Waals surface area contributed by atoms with Crippen LogP contribution in [0.25, 0.3) is 0 Å². The largest absolute Gasteiger partial charge is 0.465 e. The fraction of sp³-hybridized carbons (Fsp3) is 0.300. The summed E-state index contributed by atoms with van der Waals surface area (Å²) < 4.78 is 4.98. The zero-order valence-electron chi connectivity index (χ0n) is 14.5. The summed E-state index contributed by atoms with van der Waals surface area (Å²) in [4.78, 5) is 24.2. The number of esters is 1. The Balaban J connectivity index is 2.31. The standard InChI is InChI=1S/C20H23NO4/c1-15(18-11-7-4-8-12-18)19(13-17-9-5-3-6-10-17)21(20(23)24)14-25-16(2)22/h3-12,15,19H,13-14H2,1-2H3,(H,23,24). The molecule has 0 aliphatic carbocycles. The molecule has 0 heterocycles.